The number of benzene rings is 1. The maximum absolute atomic E-state index is 13.5. The van der Waals surface area contributed by atoms with Crippen molar-refractivity contribution < 1.29 is 4.39 Å². The van der Waals surface area contributed by atoms with Crippen LogP contribution in [0.25, 0.3) is 0 Å². The summed E-state index contributed by atoms with van der Waals surface area (Å²) in [6.07, 6.45) is 0. The lowest BCUT2D eigenvalue weighted by molar-refractivity contribution is 0.566. The summed E-state index contributed by atoms with van der Waals surface area (Å²) in [7, 11) is 0. The standard InChI is InChI=1S/C15H15FN2S/c1-10-3-4-12(7-15(10)16)11(2)18-9-14-6-5-13(8-17)19-14/h3-7,11,18H,9H2,1-2H3. The first-order valence-electron chi connectivity index (χ1n) is 6.08. The summed E-state index contributed by atoms with van der Waals surface area (Å²) in [6.45, 7) is 4.44. The molecule has 1 aromatic heterocycles. The number of hydrogen-bond acceptors (Lipinski definition) is 3. The van der Waals surface area contributed by atoms with Crippen molar-refractivity contribution in [2.75, 3.05) is 0 Å². The van der Waals surface area contributed by atoms with E-state index in [1.807, 2.05) is 25.1 Å². The van der Waals surface area contributed by atoms with E-state index in [9.17, 15) is 4.39 Å². The summed E-state index contributed by atoms with van der Waals surface area (Å²) in [4.78, 5) is 1.82. The first kappa shape index (κ1) is 13.7. The van der Waals surface area contributed by atoms with Crippen LogP contribution in [0.2, 0.25) is 0 Å². The van der Waals surface area contributed by atoms with Crippen LogP contribution in [0.3, 0.4) is 0 Å². The summed E-state index contributed by atoms with van der Waals surface area (Å²) < 4.78 is 13.5. The molecule has 0 saturated heterocycles. The summed E-state index contributed by atoms with van der Waals surface area (Å²) >= 11 is 1.48. The molecule has 0 fully saturated rings. The molecule has 1 heterocycles. The van der Waals surface area contributed by atoms with E-state index in [2.05, 4.69) is 11.4 Å². The Kier molecular flexibility index (Phi) is 4.31. The zero-order valence-electron chi connectivity index (χ0n) is 10.9. The van der Waals surface area contributed by atoms with Gasteiger partial charge in [-0.3, -0.25) is 0 Å². The van der Waals surface area contributed by atoms with Crippen LogP contribution >= 0.6 is 11.3 Å². The van der Waals surface area contributed by atoms with Crippen LogP contribution in [-0.4, -0.2) is 0 Å². The first-order chi connectivity index (χ1) is 9.10. The molecule has 1 N–H and O–H groups in total. The van der Waals surface area contributed by atoms with Gasteiger partial charge in [-0.1, -0.05) is 12.1 Å². The lowest BCUT2D eigenvalue weighted by Crippen LogP contribution is -2.17. The molecule has 2 rings (SSSR count). The highest BCUT2D eigenvalue weighted by Crippen LogP contribution is 2.19. The van der Waals surface area contributed by atoms with Crippen molar-refractivity contribution in [1.82, 2.24) is 5.32 Å². The third-order valence-electron chi connectivity index (χ3n) is 3.05. The normalized spacial score (nSPS) is 12.1. The second kappa shape index (κ2) is 5.96. The molecular weight excluding hydrogens is 259 g/mol. The average Bonchev–Trinajstić information content (AvgIpc) is 2.87. The van der Waals surface area contributed by atoms with Gasteiger partial charge in [0.25, 0.3) is 0 Å². The van der Waals surface area contributed by atoms with E-state index < -0.39 is 0 Å². The van der Waals surface area contributed by atoms with E-state index in [1.165, 1.54) is 11.3 Å². The topological polar surface area (TPSA) is 35.8 Å². The van der Waals surface area contributed by atoms with Gasteiger partial charge in [0.2, 0.25) is 0 Å². The quantitative estimate of drug-likeness (QED) is 0.917. The van der Waals surface area contributed by atoms with E-state index in [0.29, 0.717) is 17.0 Å². The summed E-state index contributed by atoms with van der Waals surface area (Å²) in [5, 5.41) is 12.1. The van der Waals surface area contributed by atoms with E-state index in [1.54, 1.807) is 19.1 Å². The molecule has 0 aliphatic rings. The third-order valence-corrected chi connectivity index (χ3v) is 4.04. The van der Waals surface area contributed by atoms with Crippen LogP contribution in [0, 0.1) is 24.1 Å². The Morgan fingerprint density at radius 1 is 1.37 bits per heavy atom. The maximum atomic E-state index is 13.5. The minimum atomic E-state index is -0.172. The van der Waals surface area contributed by atoms with Crippen LogP contribution in [0.5, 0.6) is 0 Å². The Labute approximate surface area is 116 Å². The fourth-order valence-corrected chi connectivity index (χ4v) is 2.54. The van der Waals surface area contributed by atoms with Crippen molar-refractivity contribution in [2.45, 2.75) is 26.4 Å². The molecule has 2 aromatic rings. The molecule has 1 aromatic carbocycles. The van der Waals surface area contributed by atoms with E-state index >= 15 is 0 Å². The van der Waals surface area contributed by atoms with Crippen molar-refractivity contribution in [2.24, 2.45) is 0 Å². The molecule has 0 bridgehead atoms. The number of thiophene rings is 1. The van der Waals surface area contributed by atoms with Gasteiger partial charge < -0.3 is 5.32 Å². The molecule has 1 atom stereocenters. The summed E-state index contributed by atoms with van der Waals surface area (Å²) in [5.41, 5.74) is 1.59. The van der Waals surface area contributed by atoms with Crippen molar-refractivity contribution in [1.29, 1.82) is 5.26 Å². The minimum absolute atomic E-state index is 0.0720. The second-order valence-corrected chi connectivity index (χ2v) is 5.66. The molecule has 98 valence electrons. The van der Waals surface area contributed by atoms with E-state index in [-0.39, 0.29) is 11.9 Å². The lowest BCUT2D eigenvalue weighted by atomic mass is 10.1. The number of nitrogens with one attached hydrogen (secondary N) is 1. The minimum Gasteiger partial charge on any atom is -0.305 e. The third kappa shape index (κ3) is 3.40. The highest BCUT2D eigenvalue weighted by atomic mass is 32.1. The molecule has 0 aliphatic heterocycles. The maximum Gasteiger partial charge on any atom is 0.126 e. The van der Waals surface area contributed by atoms with Crippen molar-refractivity contribution in [3.8, 4) is 6.07 Å². The molecule has 0 radical (unpaired) electrons. The molecule has 2 nitrogen and oxygen atoms in total. The average molecular weight is 274 g/mol. The van der Waals surface area contributed by atoms with E-state index in [4.69, 9.17) is 5.26 Å². The van der Waals surface area contributed by atoms with Gasteiger partial charge in [-0.2, -0.15) is 5.26 Å². The summed E-state index contributed by atoms with van der Waals surface area (Å²) in [6, 6.07) is 11.3. The zero-order valence-corrected chi connectivity index (χ0v) is 11.7. The van der Waals surface area contributed by atoms with Gasteiger partial charge in [-0.15, -0.1) is 11.3 Å². The number of aryl methyl sites for hydroxylation is 1. The zero-order chi connectivity index (χ0) is 13.8. The van der Waals surface area contributed by atoms with Crippen molar-refractivity contribution >= 4 is 11.3 Å². The predicted molar refractivity (Wildman–Crippen MR) is 75.4 cm³/mol. The number of nitrogens with zero attached hydrogens (tertiary/aromatic N) is 1. The van der Waals surface area contributed by atoms with Gasteiger partial charge in [0.1, 0.15) is 16.8 Å². The van der Waals surface area contributed by atoms with E-state index in [0.717, 1.165) is 10.4 Å². The Hall–Kier alpha value is -1.70. The summed E-state index contributed by atoms with van der Waals surface area (Å²) in [5.74, 6) is -0.172. The Balaban J connectivity index is 1.99. The fourth-order valence-electron chi connectivity index (χ4n) is 1.78. The molecule has 0 saturated carbocycles. The van der Waals surface area contributed by atoms with Gasteiger partial charge in [-0.25, -0.2) is 4.39 Å². The van der Waals surface area contributed by atoms with Gasteiger partial charge in [0, 0.05) is 17.5 Å². The number of nitriles is 1. The Morgan fingerprint density at radius 3 is 2.79 bits per heavy atom. The molecule has 4 heteroatoms. The SMILES string of the molecule is Cc1ccc(C(C)NCc2ccc(C#N)s2)cc1F. The highest BCUT2D eigenvalue weighted by Gasteiger charge is 2.08. The first-order valence-corrected chi connectivity index (χ1v) is 6.90. The number of halogens is 1. The smallest absolute Gasteiger partial charge is 0.126 e. The van der Waals surface area contributed by atoms with Gasteiger partial charge in [0.05, 0.1) is 0 Å². The van der Waals surface area contributed by atoms with Crippen LogP contribution in [-0.2, 0) is 6.54 Å². The van der Waals surface area contributed by atoms with Gasteiger partial charge in [0.15, 0.2) is 0 Å². The molecule has 0 spiro atoms. The predicted octanol–water partition coefficient (Wildman–Crippen LogP) is 3.92. The molecule has 0 amide bonds. The number of hydrogen-bond donors (Lipinski definition) is 1. The van der Waals surface area contributed by atoms with Crippen LogP contribution in [0.1, 0.15) is 33.8 Å². The van der Waals surface area contributed by atoms with Gasteiger partial charge in [-0.05, 0) is 43.2 Å². The monoisotopic (exact) mass is 274 g/mol. The highest BCUT2D eigenvalue weighted by molar-refractivity contribution is 7.12. The number of rotatable bonds is 4. The molecular formula is C15H15FN2S. The largest absolute Gasteiger partial charge is 0.305 e. The Morgan fingerprint density at radius 2 is 2.16 bits per heavy atom. The lowest BCUT2D eigenvalue weighted by Gasteiger charge is -2.14. The van der Waals surface area contributed by atoms with Crippen molar-refractivity contribution in [3.05, 3.63) is 57.0 Å². The molecule has 19 heavy (non-hydrogen) atoms. The molecule has 0 aliphatic carbocycles. The Bertz CT molecular complexity index is 613. The fraction of sp³-hybridized carbons (Fsp3) is 0.267. The second-order valence-electron chi connectivity index (χ2n) is 4.49. The van der Waals surface area contributed by atoms with Crippen LogP contribution in [0.15, 0.2) is 30.3 Å². The van der Waals surface area contributed by atoms with Crippen molar-refractivity contribution in [3.63, 3.8) is 0 Å². The molecule has 1 unspecified atom stereocenters. The van der Waals surface area contributed by atoms with Crippen LogP contribution in [0.4, 0.5) is 4.39 Å². The van der Waals surface area contributed by atoms with Crippen LogP contribution < -0.4 is 5.32 Å². The van der Waals surface area contributed by atoms with Gasteiger partial charge >= 0.3 is 0 Å².